The first-order valence-electron chi connectivity index (χ1n) is 7.13. The number of anilines is 1. The zero-order valence-electron chi connectivity index (χ0n) is 13.1. The molecule has 1 amide bonds. The molecule has 0 aliphatic heterocycles. The van der Waals surface area contributed by atoms with Crippen molar-refractivity contribution in [1.29, 1.82) is 5.26 Å². The summed E-state index contributed by atoms with van der Waals surface area (Å²) in [4.78, 5) is 12.2. The quantitative estimate of drug-likeness (QED) is 0.890. The lowest BCUT2D eigenvalue weighted by atomic mass is 9.99. The summed E-state index contributed by atoms with van der Waals surface area (Å²) in [6, 6.07) is 16.3. The maximum atomic E-state index is 12.2. The minimum absolute atomic E-state index is 0.325. The first-order valence-corrected chi connectivity index (χ1v) is 7.13. The standard InChI is InChI=1S/C18H18N2O3/c1-22-16-7-3-13(4-8-16)11-14(12-19)18(21)20-15-5-9-17(23-2)10-6-15/h3-10,14H,11H2,1-2H3,(H,20,21)/t14-/m1/s1. The molecule has 0 saturated heterocycles. The van der Waals surface area contributed by atoms with Gasteiger partial charge in [0, 0.05) is 5.69 Å². The van der Waals surface area contributed by atoms with Gasteiger partial charge in [0.1, 0.15) is 17.4 Å². The lowest BCUT2D eigenvalue weighted by Crippen LogP contribution is -2.23. The Balaban J connectivity index is 2.01. The van der Waals surface area contributed by atoms with Crippen LogP contribution in [0.2, 0.25) is 0 Å². The number of methoxy groups -OCH3 is 2. The number of nitrogens with one attached hydrogen (secondary N) is 1. The van der Waals surface area contributed by atoms with Crippen molar-refractivity contribution in [2.45, 2.75) is 6.42 Å². The summed E-state index contributed by atoms with van der Waals surface area (Å²) in [5.41, 5.74) is 1.54. The molecule has 0 spiro atoms. The molecule has 0 saturated carbocycles. The topological polar surface area (TPSA) is 71.3 Å². The molecule has 0 aliphatic rings. The Bertz CT molecular complexity index is 688. The number of hydrogen-bond acceptors (Lipinski definition) is 4. The van der Waals surface area contributed by atoms with E-state index < -0.39 is 5.92 Å². The first-order chi connectivity index (χ1) is 11.2. The highest BCUT2D eigenvalue weighted by Crippen LogP contribution is 2.18. The van der Waals surface area contributed by atoms with Gasteiger partial charge in [0.2, 0.25) is 5.91 Å². The molecule has 2 aromatic carbocycles. The molecule has 23 heavy (non-hydrogen) atoms. The van der Waals surface area contributed by atoms with Gasteiger partial charge in [-0.05, 0) is 48.4 Å². The Morgan fingerprint density at radius 3 is 2.04 bits per heavy atom. The minimum Gasteiger partial charge on any atom is -0.497 e. The van der Waals surface area contributed by atoms with Crippen LogP contribution in [0.5, 0.6) is 11.5 Å². The lowest BCUT2D eigenvalue weighted by Gasteiger charge is -2.11. The number of rotatable bonds is 6. The third-order valence-electron chi connectivity index (χ3n) is 3.43. The fourth-order valence-electron chi connectivity index (χ4n) is 2.10. The molecule has 0 aromatic heterocycles. The monoisotopic (exact) mass is 310 g/mol. The number of amides is 1. The second-order valence-corrected chi connectivity index (χ2v) is 4.95. The molecule has 5 nitrogen and oxygen atoms in total. The Labute approximate surface area is 135 Å². The number of ether oxygens (including phenoxy) is 2. The van der Waals surface area contributed by atoms with Crippen LogP contribution in [0.25, 0.3) is 0 Å². The summed E-state index contributed by atoms with van der Waals surface area (Å²) < 4.78 is 10.2. The number of hydrogen-bond donors (Lipinski definition) is 1. The molecular formula is C18H18N2O3. The summed E-state index contributed by atoms with van der Waals surface area (Å²) in [6.45, 7) is 0. The van der Waals surface area contributed by atoms with E-state index in [4.69, 9.17) is 9.47 Å². The number of nitrogens with zero attached hydrogens (tertiary/aromatic N) is 1. The van der Waals surface area contributed by atoms with E-state index in [-0.39, 0.29) is 5.91 Å². The molecule has 5 heteroatoms. The third kappa shape index (κ3) is 4.48. The highest BCUT2D eigenvalue weighted by Gasteiger charge is 2.18. The van der Waals surface area contributed by atoms with Gasteiger partial charge in [-0.25, -0.2) is 0 Å². The molecular weight excluding hydrogens is 292 g/mol. The molecule has 0 unspecified atom stereocenters. The number of benzene rings is 2. The van der Waals surface area contributed by atoms with Gasteiger partial charge in [-0.2, -0.15) is 5.26 Å². The van der Waals surface area contributed by atoms with Gasteiger partial charge in [-0.1, -0.05) is 12.1 Å². The van der Waals surface area contributed by atoms with E-state index in [0.717, 1.165) is 11.3 Å². The van der Waals surface area contributed by atoms with Gasteiger partial charge in [0.25, 0.3) is 0 Å². The van der Waals surface area contributed by atoms with Gasteiger partial charge in [-0.3, -0.25) is 4.79 Å². The van der Waals surface area contributed by atoms with Crippen molar-refractivity contribution in [1.82, 2.24) is 0 Å². The van der Waals surface area contributed by atoms with E-state index in [9.17, 15) is 10.1 Å². The molecule has 1 N–H and O–H groups in total. The predicted molar refractivity (Wildman–Crippen MR) is 87.4 cm³/mol. The van der Waals surface area contributed by atoms with Crippen molar-refractivity contribution in [2.75, 3.05) is 19.5 Å². The first kappa shape index (κ1) is 16.4. The summed E-state index contributed by atoms with van der Waals surface area (Å²) >= 11 is 0. The highest BCUT2D eigenvalue weighted by atomic mass is 16.5. The van der Waals surface area contributed by atoms with Crippen molar-refractivity contribution < 1.29 is 14.3 Å². The van der Waals surface area contributed by atoms with Crippen LogP contribution in [0.4, 0.5) is 5.69 Å². The summed E-state index contributed by atoms with van der Waals surface area (Å²) in [5, 5.41) is 12.0. The molecule has 0 bridgehead atoms. The predicted octanol–water partition coefficient (Wildman–Crippen LogP) is 3.02. The van der Waals surface area contributed by atoms with Crippen LogP contribution < -0.4 is 14.8 Å². The smallest absolute Gasteiger partial charge is 0.242 e. The van der Waals surface area contributed by atoms with E-state index in [1.165, 1.54) is 0 Å². The molecule has 2 aromatic rings. The SMILES string of the molecule is COc1ccc(C[C@H](C#N)C(=O)Nc2ccc(OC)cc2)cc1. The van der Waals surface area contributed by atoms with Crippen LogP contribution in [0.3, 0.4) is 0 Å². The number of nitriles is 1. The molecule has 1 atom stereocenters. The zero-order valence-corrected chi connectivity index (χ0v) is 13.1. The average Bonchev–Trinajstić information content (AvgIpc) is 2.60. The largest absolute Gasteiger partial charge is 0.497 e. The van der Waals surface area contributed by atoms with Gasteiger partial charge in [0.15, 0.2) is 0 Å². The Kier molecular flexibility index (Phi) is 5.59. The molecule has 0 radical (unpaired) electrons. The van der Waals surface area contributed by atoms with E-state index in [0.29, 0.717) is 17.9 Å². The molecule has 0 fully saturated rings. The molecule has 118 valence electrons. The van der Waals surface area contributed by atoms with Gasteiger partial charge < -0.3 is 14.8 Å². The van der Waals surface area contributed by atoms with Gasteiger partial charge in [-0.15, -0.1) is 0 Å². The van der Waals surface area contributed by atoms with Crippen LogP contribution in [-0.4, -0.2) is 20.1 Å². The van der Waals surface area contributed by atoms with Crippen molar-refractivity contribution in [3.8, 4) is 17.6 Å². The van der Waals surface area contributed by atoms with Crippen LogP contribution in [0, 0.1) is 17.2 Å². The van der Waals surface area contributed by atoms with E-state index in [2.05, 4.69) is 11.4 Å². The van der Waals surface area contributed by atoms with E-state index in [1.54, 1.807) is 38.5 Å². The zero-order chi connectivity index (χ0) is 16.7. The van der Waals surface area contributed by atoms with Gasteiger partial charge in [0.05, 0.1) is 20.3 Å². The van der Waals surface area contributed by atoms with Crippen molar-refractivity contribution >= 4 is 11.6 Å². The van der Waals surface area contributed by atoms with E-state index >= 15 is 0 Å². The summed E-state index contributed by atoms with van der Waals surface area (Å²) in [5.74, 6) is 0.363. The fourth-order valence-corrected chi connectivity index (χ4v) is 2.10. The highest BCUT2D eigenvalue weighted by molar-refractivity contribution is 5.94. The Morgan fingerprint density at radius 2 is 1.57 bits per heavy atom. The molecule has 0 aliphatic carbocycles. The number of carbonyl (C=O) groups excluding carboxylic acids is 1. The van der Waals surface area contributed by atoms with Crippen LogP contribution >= 0.6 is 0 Å². The maximum Gasteiger partial charge on any atom is 0.242 e. The van der Waals surface area contributed by atoms with Crippen LogP contribution in [0.1, 0.15) is 5.56 Å². The maximum absolute atomic E-state index is 12.2. The molecule has 0 heterocycles. The lowest BCUT2D eigenvalue weighted by molar-refractivity contribution is -0.118. The Morgan fingerprint density at radius 1 is 1.04 bits per heavy atom. The van der Waals surface area contributed by atoms with Crippen LogP contribution in [0.15, 0.2) is 48.5 Å². The molecule has 2 rings (SSSR count). The average molecular weight is 310 g/mol. The second-order valence-electron chi connectivity index (χ2n) is 4.95. The summed E-state index contributed by atoms with van der Waals surface area (Å²) in [7, 11) is 3.17. The minimum atomic E-state index is -0.759. The van der Waals surface area contributed by atoms with Crippen molar-refractivity contribution in [2.24, 2.45) is 5.92 Å². The van der Waals surface area contributed by atoms with E-state index in [1.807, 2.05) is 24.3 Å². The normalized spacial score (nSPS) is 11.2. The number of carbonyl (C=O) groups is 1. The third-order valence-corrected chi connectivity index (χ3v) is 3.43. The van der Waals surface area contributed by atoms with Crippen LogP contribution in [-0.2, 0) is 11.2 Å². The van der Waals surface area contributed by atoms with Crippen molar-refractivity contribution in [3.05, 3.63) is 54.1 Å². The fraction of sp³-hybridized carbons (Fsp3) is 0.222. The van der Waals surface area contributed by atoms with Gasteiger partial charge >= 0.3 is 0 Å². The van der Waals surface area contributed by atoms with Crippen molar-refractivity contribution in [3.63, 3.8) is 0 Å². The summed E-state index contributed by atoms with van der Waals surface area (Å²) in [6.07, 6.45) is 0.350. The second kappa shape index (κ2) is 7.85. The Hall–Kier alpha value is -3.00.